The molecule has 3 rings (SSSR count). The number of hydrogen-bond donors (Lipinski definition) is 0. The molecular weight excluding hydrogens is 254 g/mol. The molecule has 2 aromatic rings. The second-order valence-corrected chi connectivity index (χ2v) is 4.86. The van der Waals surface area contributed by atoms with E-state index in [1.165, 1.54) is 5.69 Å². The summed E-state index contributed by atoms with van der Waals surface area (Å²) in [5.41, 5.74) is 1.17. The number of nitrogens with zero attached hydrogens (tertiary/aromatic N) is 3. The largest absolute Gasteiger partial charge is 0.495 e. The molecule has 1 aliphatic heterocycles. The van der Waals surface area contributed by atoms with Gasteiger partial charge in [-0.1, -0.05) is 12.1 Å². The van der Waals surface area contributed by atoms with Crippen LogP contribution in [0.3, 0.4) is 0 Å². The summed E-state index contributed by atoms with van der Waals surface area (Å²) in [5, 5.41) is 0. The molecule has 106 valence electrons. The highest BCUT2D eigenvalue weighted by Gasteiger charge is 2.20. The highest BCUT2D eigenvalue weighted by Crippen LogP contribution is 2.28. The molecule has 0 atom stereocenters. The van der Waals surface area contributed by atoms with Crippen LogP contribution in [-0.2, 0) is 6.54 Å². The Balaban J connectivity index is 1.60. The van der Waals surface area contributed by atoms with Crippen LogP contribution in [0.1, 0.15) is 5.89 Å². The standard InChI is InChI=1S/C15H19N3O2/c1-19-14-5-3-2-4-13(14)18-9-7-17(8-10-18)12-15-16-6-11-20-15/h2-6,11H,7-10,12H2,1H3. The fraction of sp³-hybridized carbons (Fsp3) is 0.400. The van der Waals surface area contributed by atoms with Crippen molar-refractivity contribution in [1.82, 2.24) is 9.88 Å². The molecule has 0 radical (unpaired) electrons. The minimum absolute atomic E-state index is 0.784. The van der Waals surface area contributed by atoms with Crippen molar-refractivity contribution in [3.05, 3.63) is 42.6 Å². The first-order valence-corrected chi connectivity index (χ1v) is 6.85. The Hall–Kier alpha value is -2.01. The normalized spacial score (nSPS) is 16.4. The third-order valence-corrected chi connectivity index (χ3v) is 3.64. The van der Waals surface area contributed by atoms with Gasteiger partial charge in [-0.2, -0.15) is 0 Å². The van der Waals surface area contributed by atoms with E-state index in [9.17, 15) is 0 Å². The molecule has 1 aromatic heterocycles. The first kappa shape index (κ1) is 13.0. The van der Waals surface area contributed by atoms with Crippen molar-refractivity contribution >= 4 is 5.69 Å². The quantitative estimate of drug-likeness (QED) is 0.852. The van der Waals surface area contributed by atoms with E-state index in [0.717, 1.165) is 44.4 Å². The van der Waals surface area contributed by atoms with E-state index in [4.69, 9.17) is 9.15 Å². The van der Waals surface area contributed by atoms with E-state index < -0.39 is 0 Å². The zero-order chi connectivity index (χ0) is 13.8. The highest BCUT2D eigenvalue weighted by molar-refractivity contribution is 5.58. The second kappa shape index (κ2) is 5.96. The Morgan fingerprint density at radius 2 is 2.00 bits per heavy atom. The average molecular weight is 273 g/mol. The Morgan fingerprint density at radius 1 is 1.20 bits per heavy atom. The highest BCUT2D eigenvalue weighted by atomic mass is 16.5. The predicted molar refractivity (Wildman–Crippen MR) is 77.0 cm³/mol. The van der Waals surface area contributed by atoms with Crippen LogP contribution >= 0.6 is 0 Å². The van der Waals surface area contributed by atoms with Crippen LogP contribution in [0.15, 0.2) is 41.1 Å². The van der Waals surface area contributed by atoms with Crippen molar-refractivity contribution in [3.63, 3.8) is 0 Å². The molecule has 1 saturated heterocycles. The summed E-state index contributed by atoms with van der Waals surface area (Å²) in [6, 6.07) is 8.18. The van der Waals surface area contributed by atoms with Gasteiger partial charge in [0.05, 0.1) is 25.5 Å². The van der Waals surface area contributed by atoms with Crippen LogP contribution in [0.5, 0.6) is 5.75 Å². The summed E-state index contributed by atoms with van der Waals surface area (Å²) in [6.07, 6.45) is 3.32. The van der Waals surface area contributed by atoms with Gasteiger partial charge in [0, 0.05) is 26.2 Å². The average Bonchev–Trinajstić information content (AvgIpc) is 3.01. The Morgan fingerprint density at radius 3 is 2.70 bits per heavy atom. The molecule has 20 heavy (non-hydrogen) atoms. The van der Waals surface area contributed by atoms with Crippen molar-refractivity contribution in [2.45, 2.75) is 6.54 Å². The van der Waals surface area contributed by atoms with Crippen LogP contribution in [-0.4, -0.2) is 43.2 Å². The fourth-order valence-corrected chi connectivity index (χ4v) is 2.56. The van der Waals surface area contributed by atoms with Gasteiger partial charge in [0.25, 0.3) is 0 Å². The van der Waals surface area contributed by atoms with Crippen molar-refractivity contribution in [2.75, 3.05) is 38.2 Å². The lowest BCUT2D eigenvalue weighted by molar-refractivity contribution is 0.225. The van der Waals surface area contributed by atoms with Gasteiger partial charge in [-0.3, -0.25) is 4.90 Å². The molecule has 1 fully saturated rings. The molecule has 1 aromatic carbocycles. The van der Waals surface area contributed by atoms with Gasteiger partial charge in [-0.05, 0) is 12.1 Å². The third kappa shape index (κ3) is 2.77. The number of para-hydroxylation sites is 2. The molecule has 5 nitrogen and oxygen atoms in total. The molecule has 0 N–H and O–H groups in total. The maximum Gasteiger partial charge on any atom is 0.208 e. The minimum atomic E-state index is 0.784. The number of methoxy groups -OCH3 is 1. The molecule has 5 heteroatoms. The number of rotatable bonds is 4. The number of anilines is 1. The summed E-state index contributed by atoms with van der Waals surface area (Å²) >= 11 is 0. The zero-order valence-corrected chi connectivity index (χ0v) is 11.7. The first-order chi connectivity index (χ1) is 9.86. The molecule has 2 heterocycles. The van der Waals surface area contributed by atoms with Crippen molar-refractivity contribution in [2.24, 2.45) is 0 Å². The molecule has 1 aliphatic rings. The number of ether oxygens (including phenoxy) is 1. The number of oxazole rings is 1. The molecule has 0 amide bonds. The Kier molecular flexibility index (Phi) is 3.87. The van der Waals surface area contributed by atoms with E-state index in [1.807, 2.05) is 12.1 Å². The van der Waals surface area contributed by atoms with Crippen molar-refractivity contribution in [1.29, 1.82) is 0 Å². The van der Waals surface area contributed by atoms with Crippen LogP contribution in [0.4, 0.5) is 5.69 Å². The lowest BCUT2D eigenvalue weighted by Crippen LogP contribution is -2.46. The topological polar surface area (TPSA) is 41.7 Å². The van der Waals surface area contributed by atoms with E-state index in [0.29, 0.717) is 0 Å². The molecule has 0 spiro atoms. The first-order valence-electron chi connectivity index (χ1n) is 6.85. The Labute approximate surface area is 118 Å². The summed E-state index contributed by atoms with van der Waals surface area (Å²) in [5.74, 6) is 1.73. The number of benzene rings is 1. The SMILES string of the molecule is COc1ccccc1N1CCN(Cc2ncco2)CC1. The summed E-state index contributed by atoms with van der Waals surface area (Å²) in [6.45, 7) is 4.76. The van der Waals surface area contributed by atoms with Crippen LogP contribution < -0.4 is 9.64 Å². The molecule has 0 bridgehead atoms. The van der Waals surface area contributed by atoms with Gasteiger partial charge in [0.15, 0.2) is 0 Å². The van der Waals surface area contributed by atoms with E-state index in [-0.39, 0.29) is 0 Å². The summed E-state index contributed by atoms with van der Waals surface area (Å²) in [7, 11) is 1.72. The fourth-order valence-electron chi connectivity index (χ4n) is 2.56. The minimum Gasteiger partial charge on any atom is -0.495 e. The number of aromatic nitrogens is 1. The van der Waals surface area contributed by atoms with Gasteiger partial charge in [0.2, 0.25) is 5.89 Å². The second-order valence-electron chi connectivity index (χ2n) is 4.86. The van der Waals surface area contributed by atoms with E-state index in [2.05, 4.69) is 26.9 Å². The van der Waals surface area contributed by atoms with Crippen LogP contribution in [0.2, 0.25) is 0 Å². The van der Waals surface area contributed by atoms with E-state index in [1.54, 1.807) is 19.6 Å². The van der Waals surface area contributed by atoms with Gasteiger partial charge < -0.3 is 14.1 Å². The molecule has 0 unspecified atom stereocenters. The van der Waals surface area contributed by atoms with Gasteiger partial charge >= 0.3 is 0 Å². The molecular formula is C15H19N3O2. The van der Waals surface area contributed by atoms with Gasteiger partial charge in [-0.15, -0.1) is 0 Å². The van der Waals surface area contributed by atoms with Crippen molar-refractivity contribution in [3.8, 4) is 5.75 Å². The Bertz CT molecular complexity index is 534. The lowest BCUT2D eigenvalue weighted by Gasteiger charge is -2.36. The molecule has 0 aliphatic carbocycles. The maximum absolute atomic E-state index is 5.43. The van der Waals surface area contributed by atoms with Gasteiger partial charge in [0.1, 0.15) is 12.0 Å². The number of hydrogen-bond acceptors (Lipinski definition) is 5. The van der Waals surface area contributed by atoms with Crippen LogP contribution in [0.25, 0.3) is 0 Å². The van der Waals surface area contributed by atoms with Gasteiger partial charge in [-0.25, -0.2) is 4.98 Å². The smallest absolute Gasteiger partial charge is 0.208 e. The van der Waals surface area contributed by atoms with Crippen molar-refractivity contribution < 1.29 is 9.15 Å². The molecule has 0 saturated carbocycles. The summed E-state index contributed by atoms with van der Waals surface area (Å²) < 4.78 is 10.7. The number of piperazine rings is 1. The zero-order valence-electron chi connectivity index (χ0n) is 11.7. The summed E-state index contributed by atoms with van der Waals surface area (Å²) in [4.78, 5) is 8.90. The maximum atomic E-state index is 5.43. The van der Waals surface area contributed by atoms with E-state index >= 15 is 0 Å². The predicted octanol–water partition coefficient (Wildman–Crippen LogP) is 2.01. The van der Waals surface area contributed by atoms with Crippen LogP contribution in [0, 0.1) is 0 Å². The monoisotopic (exact) mass is 273 g/mol. The third-order valence-electron chi connectivity index (χ3n) is 3.64. The lowest BCUT2D eigenvalue weighted by atomic mass is 10.2.